The van der Waals surface area contributed by atoms with Crippen molar-refractivity contribution in [3.05, 3.63) is 77.9 Å². The second-order valence-corrected chi connectivity index (χ2v) is 7.38. The third-order valence-corrected chi connectivity index (χ3v) is 5.29. The third kappa shape index (κ3) is 3.73. The fourth-order valence-electron chi connectivity index (χ4n) is 2.97. The molecule has 0 spiro atoms. The Morgan fingerprint density at radius 1 is 0.885 bits per heavy atom. The molecular formula is C21H17NO3S. The van der Waals surface area contributed by atoms with Gasteiger partial charge >= 0.3 is 0 Å². The molecule has 3 aromatic carbocycles. The number of fused-ring (bicyclic) bond motifs is 1. The minimum atomic E-state index is -0.339. The van der Waals surface area contributed by atoms with Crippen LogP contribution in [0.25, 0.3) is 10.8 Å². The Balaban J connectivity index is 1.47. The predicted octanol–water partition coefficient (Wildman–Crippen LogP) is 4.31. The van der Waals surface area contributed by atoms with Crippen LogP contribution in [-0.4, -0.2) is 16.4 Å². The summed E-state index contributed by atoms with van der Waals surface area (Å²) >= 11 is 1.06. The van der Waals surface area contributed by atoms with Crippen LogP contribution >= 0.6 is 11.8 Å². The molecule has 2 amide bonds. The van der Waals surface area contributed by atoms with E-state index in [1.165, 1.54) is 0 Å². The molecule has 1 atom stereocenters. The van der Waals surface area contributed by atoms with Crippen LogP contribution in [0.3, 0.4) is 0 Å². The quantitative estimate of drug-likeness (QED) is 0.734. The van der Waals surface area contributed by atoms with Crippen LogP contribution in [-0.2, 0) is 17.8 Å². The van der Waals surface area contributed by atoms with Crippen molar-refractivity contribution in [3.8, 4) is 5.75 Å². The van der Waals surface area contributed by atoms with Gasteiger partial charge in [-0.05, 0) is 40.5 Å². The molecular weight excluding hydrogens is 346 g/mol. The van der Waals surface area contributed by atoms with Crippen LogP contribution in [0.15, 0.2) is 66.7 Å². The number of carbonyl (C=O) groups excluding carboxylic acids is 2. The molecule has 1 unspecified atom stereocenters. The average Bonchev–Trinajstić information content (AvgIpc) is 2.97. The molecule has 1 fully saturated rings. The number of nitrogens with one attached hydrogen (secondary N) is 1. The molecule has 130 valence electrons. The van der Waals surface area contributed by atoms with Crippen LogP contribution < -0.4 is 10.1 Å². The van der Waals surface area contributed by atoms with E-state index in [0.717, 1.165) is 39.4 Å². The smallest absolute Gasteiger partial charge is 0.286 e. The first-order valence-electron chi connectivity index (χ1n) is 8.38. The second-order valence-electron chi connectivity index (χ2n) is 6.20. The van der Waals surface area contributed by atoms with Crippen molar-refractivity contribution in [1.82, 2.24) is 5.32 Å². The zero-order valence-electron chi connectivity index (χ0n) is 14.0. The van der Waals surface area contributed by atoms with Gasteiger partial charge in [0.15, 0.2) is 0 Å². The summed E-state index contributed by atoms with van der Waals surface area (Å²) in [6, 6.07) is 22.1. The summed E-state index contributed by atoms with van der Waals surface area (Å²) < 4.78 is 5.87. The molecule has 0 saturated carbocycles. The van der Waals surface area contributed by atoms with Crippen molar-refractivity contribution in [2.24, 2.45) is 0 Å². The molecule has 0 aromatic heterocycles. The van der Waals surface area contributed by atoms with E-state index in [0.29, 0.717) is 13.0 Å². The van der Waals surface area contributed by atoms with Crippen LogP contribution in [0.2, 0.25) is 0 Å². The normalized spacial score (nSPS) is 16.7. The van der Waals surface area contributed by atoms with Crippen LogP contribution in [0, 0.1) is 0 Å². The molecule has 1 saturated heterocycles. The number of thioether (sulfide) groups is 1. The fraction of sp³-hybridized carbons (Fsp3) is 0.143. The van der Waals surface area contributed by atoms with E-state index in [1.807, 2.05) is 60.7 Å². The van der Waals surface area contributed by atoms with Crippen molar-refractivity contribution in [3.63, 3.8) is 0 Å². The standard InChI is InChI=1S/C21H17NO3S/c23-20-19(26-21(24)22-20)11-15-6-7-17-12-18(9-8-16(17)10-15)25-13-14-4-2-1-3-5-14/h1-10,12,19H,11,13H2,(H,22,23,24). The number of imide groups is 1. The van der Waals surface area contributed by atoms with Crippen molar-refractivity contribution in [2.75, 3.05) is 0 Å². The van der Waals surface area contributed by atoms with Gasteiger partial charge < -0.3 is 4.74 Å². The summed E-state index contributed by atoms with van der Waals surface area (Å²) in [5.74, 6) is 0.621. The van der Waals surface area contributed by atoms with Crippen molar-refractivity contribution >= 4 is 33.7 Å². The number of carbonyl (C=O) groups is 2. The summed E-state index contributed by atoms with van der Waals surface area (Å²) in [6.45, 7) is 0.534. The predicted molar refractivity (Wildman–Crippen MR) is 103 cm³/mol. The number of benzene rings is 3. The van der Waals surface area contributed by atoms with Gasteiger partial charge in [-0.1, -0.05) is 66.4 Å². The van der Waals surface area contributed by atoms with Crippen LogP contribution in [0.5, 0.6) is 5.75 Å². The summed E-state index contributed by atoms with van der Waals surface area (Å²) in [6.07, 6.45) is 0.546. The van der Waals surface area contributed by atoms with Gasteiger partial charge in [-0.3, -0.25) is 14.9 Å². The average molecular weight is 363 g/mol. The molecule has 1 heterocycles. The van der Waals surface area contributed by atoms with Gasteiger partial charge in [-0.2, -0.15) is 0 Å². The summed E-state index contributed by atoms with van der Waals surface area (Å²) in [7, 11) is 0. The lowest BCUT2D eigenvalue weighted by Crippen LogP contribution is -2.25. The number of rotatable bonds is 5. The SMILES string of the molecule is O=C1NC(=O)C(Cc2ccc3cc(OCc4ccccc4)ccc3c2)S1. The molecule has 3 aromatic rings. The van der Waals surface area contributed by atoms with E-state index in [9.17, 15) is 9.59 Å². The lowest BCUT2D eigenvalue weighted by atomic mass is 10.0. The highest BCUT2D eigenvalue weighted by atomic mass is 32.2. The Kier molecular flexibility index (Phi) is 4.63. The molecule has 5 heteroatoms. The Labute approximate surface area is 155 Å². The van der Waals surface area contributed by atoms with Gasteiger partial charge in [0.05, 0.1) is 5.25 Å². The Hall–Kier alpha value is -2.79. The first-order chi connectivity index (χ1) is 12.7. The summed E-state index contributed by atoms with van der Waals surface area (Å²) in [5, 5.41) is 3.90. The summed E-state index contributed by atoms with van der Waals surface area (Å²) in [4.78, 5) is 23.0. The van der Waals surface area contributed by atoms with E-state index in [-0.39, 0.29) is 16.4 Å². The molecule has 1 aliphatic rings. The van der Waals surface area contributed by atoms with E-state index >= 15 is 0 Å². The zero-order valence-corrected chi connectivity index (χ0v) is 14.8. The number of hydrogen-bond donors (Lipinski definition) is 1. The molecule has 1 aliphatic heterocycles. The highest BCUT2D eigenvalue weighted by molar-refractivity contribution is 8.15. The van der Waals surface area contributed by atoms with Crippen molar-refractivity contribution in [2.45, 2.75) is 18.3 Å². The lowest BCUT2D eigenvalue weighted by Gasteiger charge is -2.09. The largest absolute Gasteiger partial charge is 0.489 e. The number of ether oxygens (including phenoxy) is 1. The number of hydrogen-bond acceptors (Lipinski definition) is 4. The first kappa shape index (κ1) is 16.7. The van der Waals surface area contributed by atoms with Gasteiger partial charge in [0.1, 0.15) is 12.4 Å². The Morgan fingerprint density at radius 3 is 2.42 bits per heavy atom. The van der Waals surface area contributed by atoms with E-state index in [1.54, 1.807) is 0 Å². The van der Waals surface area contributed by atoms with Crippen LogP contribution in [0.4, 0.5) is 4.79 Å². The topological polar surface area (TPSA) is 55.4 Å². The number of amides is 2. The molecule has 1 N–H and O–H groups in total. The van der Waals surface area contributed by atoms with E-state index in [2.05, 4.69) is 11.4 Å². The first-order valence-corrected chi connectivity index (χ1v) is 9.26. The molecule has 0 aliphatic carbocycles. The van der Waals surface area contributed by atoms with E-state index in [4.69, 9.17) is 4.74 Å². The van der Waals surface area contributed by atoms with Gasteiger partial charge in [-0.15, -0.1) is 0 Å². The van der Waals surface area contributed by atoms with Gasteiger partial charge in [0.25, 0.3) is 5.24 Å². The van der Waals surface area contributed by atoms with E-state index < -0.39 is 0 Å². The maximum atomic E-state index is 11.7. The van der Waals surface area contributed by atoms with Crippen LogP contribution in [0.1, 0.15) is 11.1 Å². The summed E-state index contributed by atoms with van der Waals surface area (Å²) in [5.41, 5.74) is 2.17. The molecule has 0 bridgehead atoms. The molecule has 4 nitrogen and oxygen atoms in total. The van der Waals surface area contributed by atoms with Crippen molar-refractivity contribution < 1.29 is 14.3 Å². The second kappa shape index (κ2) is 7.22. The minimum Gasteiger partial charge on any atom is -0.489 e. The highest BCUT2D eigenvalue weighted by Crippen LogP contribution is 2.26. The van der Waals surface area contributed by atoms with Gasteiger partial charge in [0, 0.05) is 0 Å². The maximum Gasteiger partial charge on any atom is 0.286 e. The maximum absolute atomic E-state index is 11.7. The minimum absolute atomic E-state index is 0.204. The Morgan fingerprint density at radius 2 is 1.65 bits per heavy atom. The third-order valence-electron chi connectivity index (χ3n) is 4.31. The van der Waals surface area contributed by atoms with Gasteiger partial charge in [-0.25, -0.2) is 0 Å². The lowest BCUT2D eigenvalue weighted by molar-refractivity contribution is -0.118. The molecule has 4 rings (SSSR count). The molecule has 0 radical (unpaired) electrons. The fourth-order valence-corrected chi connectivity index (χ4v) is 3.83. The zero-order chi connectivity index (χ0) is 17.9. The van der Waals surface area contributed by atoms with Gasteiger partial charge in [0.2, 0.25) is 5.91 Å². The molecule has 26 heavy (non-hydrogen) atoms. The highest BCUT2D eigenvalue weighted by Gasteiger charge is 2.31. The monoisotopic (exact) mass is 363 g/mol. The van der Waals surface area contributed by atoms with Crippen molar-refractivity contribution in [1.29, 1.82) is 0 Å². The Bertz CT molecular complexity index is 971.